The maximum atomic E-state index is 5.52. The summed E-state index contributed by atoms with van der Waals surface area (Å²) in [5, 5.41) is 9.64. The Morgan fingerprint density at radius 1 is 0.227 bits per heavy atom. The molecule has 14 aromatic rings. The van der Waals surface area contributed by atoms with Gasteiger partial charge in [-0.25, -0.2) is 19.9 Å². The minimum atomic E-state index is -3.16. The number of rotatable bonds is 10. The normalized spacial score (nSPS) is 11.7. The molecule has 0 aliphatic rings. The summed E-state index contributed by atoms with van der Waals surface area (Å²) in [6.07, 6.45) is 0. The van der Waals surface area contributed by atoms with E-state index >= 15 is 0 Å². The molecule has 6 nitrogen and oxygen atoms in total. The third-order valence-electron chi connectivity index (χ3n) is 14.7. The minimum Gasteiger partial charge on any atom is -0.278 e. The molecule has 0 fully saturated rings. The highest BCUT2D eigenvalue weighted by Gasteiger charge is 2.42. The number of fused-ring (bicyclic) bond motifs is 6. The number of nitrogens with zero attached hydrogens (tertiary/aromatic N) is 6. The molecule has 0 aliphatic heterocycles. The number of aromatic nitrogens is 6. The van der Waals surface area contributed by atoms with E-state index in [1.807, 2.05) is 12.1 Å². The van der Waals surface area contributed by atoms with E-state index < -0.39 is 8.07 Å². The van der Waals surface area contributed by atoms with Crippen molar-refractivity contribution in [3.8, 4) is 56.9 Å². The summed E-state index contributed by atoms with van der Waals surface area (Å²) in [6.45, 7) is 0. The van der Waals surface area contributed by atoms with E-state index in [1.165, 1.54) is 20.7 Å². The molecular formula is C68H46N6Si. The zero-order valence-corrected chi connectivity index (χ0v) is 41.7. The average molecular weight is 975 g/mol. The van der Waals surface area contributed by atoms with Gasteiger partial charge in [0.05, 0.1) is 44.8 Å². The first-order chi connectivity index (χ1) is 37.2. The van der Waals surface area contributed by atoms with Gasteiger partial charge in [0.2, 0.25) is 11.9 Å². The van der Waals surface area contributed by atoms with Gasteiger partial charge in [0.15, 0.2) is 8.07 Å². The minimum absolute atomic E-state index is 0.622. The van der Waals surface area contributed by atoms with E-state index in [4.69, 9.17) is 19.9 Å². The van der Waals surface area contributed by atoms with E-state index in [9.17, 15) is 0 Å². The Morgan fingerprint density at radius 2 is 0.493 bits per heavy atom. The fourth-order valence-corrected chi connectivity index (χ4v) is 16.2. The summed E-state index contributed by atoms with van der Waals surface area (Å²) in [6, 6.07) is 99.8. The lowest BCUT2D eigenvalue weighted by Gasteiger charge is -2.35. The number of hydrogen-bond acceptors (Lipinski definition) is 4. The van der Waals surface area contributed by atoms with Crippen molar-refractivity contribution in [3.05, 3.63) is 279 Å². The van der Waals surface area contributed by atoms with E-state index in [0.29, 0.717) is 11.9 Å². The Hall–Kier alpha value is -9.82. The highest BCUT2D eigenvalue weighted by Crippen LogP contribution is 2.35. The molecule has 7 heteroatoms. The van der Waals surface area contributed by atoms with Crippen LogP contribution in [0.25, 0.3) is 101 Å². The van der Waals surface area contributed by atoms with Crippen LogP contribution in [0.5, 0.6) is 0 Å². The molecule has 0 radical (unpaired) electrons. The zero-order chi connectivity index (χ0) is 49.7. The standard InChI is InChI=1S/C68H46N6Si/c1-5-23-47(24-6-1)59-45-61(71-67(69-59)73-63-39-17-13-35-55(63)56-36-14-18-40-64(56)73)49-27-21-33-53(43-49)75(51-29-9-3-10-30-51,52-31-11-4-12-32-52)54-34-22-28-50(44-54)62-46-60(48-25-7-2-8-26-48)70-68(72-62)74-65-41-19-15-37-57(65)58-38-16-20-42-66(58)74/h1-46H. The fraction of sp³-hybridized carbons (Fsp3) is 0. The lowest BCUT2D eigenvalue weighted by Crippen LogP contribution is -2.74. The fourth-order valence-electron chi connectivity index (χ4n) is 11.4. The Labute approximate surface area is 435 Å². The van der Waals surface area contributed by atoms with Crippen molar-refractivity contribution in [2.24, 2.45) is 0 Å². The van der Waals surface area contributed by atoms with Crippen molar-refractivity contribution >= 4 is 72.4 Å². The first kappa shape index (κ1) is 43.9. The first-order valence-corrected chi connectivity index (χ1v) is 27.4. The van der Waals surface area contributed by atoms with Gasteiger partial charge in [0.1, 0.15) is 0 Å². The Morgan fingerprint density at radius 3 is 0.840 bits per heavy atom. The highest BCUT2D eigenvalue weighted by molar-refractivity contribution is 7.20. The Bertz CT molecular complexity index is 4030. The summed E-state index contributed by atoms with van der Waals surface area (Å²) < 4.78 is 4.43. The molecule has 0 saturated carbocycles. The van der Waals surface area contributed by atoms with E-state index in [1.54, 1.807) is 0 Å². The van der Waals surface area contributed by atoms with Gasteiger partial charge >= 0.3 is 0 Å². The van der Waals surface area contributed by atoms with Crippen LogP contribution in [0.2, 0.25) is 0 Å². The van der Waals surface area contributed by atoms with E-state index in [0.717, 1.165) is 88.6 Å². The predicted octanol–water partition coefficient (Wildman–Crippen LogP) is 13.5. The molecule has 0 atom stereocenters. The van der Waals surface area contributed by atoms with Crippen LogP contribution in [-0.4, -0.2) is 37.1 Å². The molecule has 352 valence electrons. The molecule has 0 aliphatic carbocycles. The maximum absolute atomic E-state index is 5.52. The largest absolute Gasteiger partial charge is 0.278 e. The average Bonchev–Trinajstić information content (AvgIpc) is 4.02. The van der Waals surface area contributed by atoms with Gasteiger partial charge in [-0.15, -0.1) is 0 Å². The molecule has 0 saturated heterocycles. The Kier molecular flexibility index (Phi) is 10.7. The van der Waals surface area contributed by atoms with E-state index in [-0.39, 0.29) is 0 Å². The predicted molar refractivity (Wildman–Crippen MR) is 312 cm³/mol. The SMILES string of the molecule is c1ccc(-c2cc(-c3cccc([Si](c4ccccc4)(c4ccccc4)c4cccc(-c5cc(-c6ccccc6)nc(-n6c7ccccc7c7ccccc76)n5)c4)c3)nc(-n3c4ccccc4c4ccccc43)n2)cc1. The van der Waals surface area contributed by atoms with Crippen molar-refractivity contribution in [1.29, 1.82) is 0 Å². The van der Waals surface area contributed by atoms with Gasteiger partial charge in [-0.3, -0.25) is 9.13 Å². The van der Waals surface area contributed by atoms with Crippen LogP contribution in [0.1, 0.15) is 0 Å². The van der Waals surface area contributed by atoms with Gasteiger partial charge < -0.3 is 0 Å². The quantitative estimate of drug-likeness (QED) is 0.101. The van der Waals surface area contributed by atoms with Gasteiger partial charge in [-0.2, -0.15) is 0 Å². The second-order valence-electron chi connectivity index (χ2n) is 19.0. The van der Waals surface area contributed by atoms with Crippen molar-refractivity contribution in [3.63, 3.8) is 0 Å². The molecule has 0 spiro atoms. The van der Waals surface area contributed by atoms with Crippen LogP contribution in [0, 0.1) is 0 Å². The highest BCUT2D eigenvalue weighted by atomic mass is 28.3. The van der Waals surface area contributed by atoms with Crippen LogP contribution in [0.3, 0.4) is 0 Å². The second-order valence-corrected chi connectivity index (χ2v) is 22.8. The molecule has 0 bridgehead atoms. The van der Waals surface area contributed by atoms with Crippen molar-refractivity contribution in [1.82, 2.24) is 29.1 Å². The summed E-state index contributed by atoms with van der Waals surface area (Å²) in [5.74, 6) is 1.24. The molecule has 0 amide bonds. The molecule has 4 aromatic heterocycles. The van der Waals surface area contributed by atoms with Crippen molar-refractivity contribution < 1.29 is 0 Å². The maximum Gasteiger partial charge on any atom is 0.235 e. The molecule has 14 rings (SSSR count). The topological polar surface area (TPSA) is 61.4 Å². The van der Waals surface area contributed by atoms with Gasteiger partial charge in [0.25, 0.3) is 0 Å². The monoisotopic (exact) mass is 974 g/mol. The van der Waals surface area contributed by atoms with Gasteiger partial charge in [0, 0.05) is 43.8 Å². The van der Waals surface area contributed by atoms with Crippen molar-refractivity contribution in [2.75, 3.05) is 0 Å². The lowest BCUT2D eigenvalue weighted by molar-refractivity contribution is 0.995. The molecule has 10 aromatic carbocycles. The summed E-state index contributed by atoms with van der Waals surface area (Å²) in [4.78, 5) is 21.7. The molecule has 4 heterocycles. The van der Waals surface area contributed by atoms with Gasteiger partial charge in [-0.05, 0) is 57.1 Å². The second kappa shape index (κ2) is 18.3. The molecule has 75 heavy (non-hydrogen) atoms. The first-order valence-electron chi connectivity index (χ1n) is 25.4. The van der Waals surface area contributed by atoms with Crippen LogP contribution in [0.4, 0.5) is 0 Å². The van der Waals surface area contributed by atoms with Crippen LogP contribution in [0.15, 0.2) is 279 Å². The third kappa shape index (κ3) is 7.48. The number of benzene rings is 10. The van der Waals surface area contributed by atoms with Crippen LogP contribution >= 0.6 is 0 Å². The summed E-state index contributed by atoms with van der Waals surface area (Å²) >= 11 is 0. The smallest absolute Gasteiger partial charge is 0.235 e. The lowest BCUT2D eigenvalue weighted by atomic mass is 10.1. The third-order valence-corrected chi connectivity index (χ3v) is 19.5. The van der Waals surface area contributed by atoms with Crippen molar-refractivity contribution in [2.45, 2.75) is 0 Å². The van der Waals surface area contributed by atoms with Crippen LogP contribution < -0.4 is 20.7 Å². The Balaban J connectivity index is 0.994. The van der Waals surface area contributed by atoms with E-state index in [2.05, 4.69) is 276 Å². The number of para-hydroxylation sites is 4. The summed E-state index contributed by atoms with van der Waals surface area (Å²) in [7, 11) is -3.16. The van der Waals surface area contributed by atoms with Gasteiger partial charge in [-0.1, -0.05) is 243 Å². The summed E-state index contributed by atoms with van der Waals surface area (Å²) in [5.41, 5.74) is 11.7. The van der Waals surface area contributed by atoms with Crippen LogP contribution in [-0.2, 0) is 0 Å². The zero-order valence-electron chi connectivity index (χ0n) is 40.7. The molecular weight excluding hydrogens is 929 g/mol. The number of hydrogen-bond donors (Lipinski definition) is 0. The molecule has 0 unspecified atom stereocenters. The molecule has 0 N–H and O–H groups in total.